The van der Waals surface area contributed by atoms with Gasteiger partial charge < -0.3 is 19.5 Å². The molecule has 174 valence electrons. The van der Waals surface area contributed by atoms with Gasteiger partial charge in [0.1, 0.15) is 12.2 Å². The third-order valence-electron chi connectivity index (χ3n) is 6.18. The highest BCUT2D eigenvalue weighted by Gasteiger charge is 2.19. The Hall–Kier alpha value is -3.19. The topological polar surface area (TPSA) is 80.5 Å². The second-order valence-corrected chi connectivity index (χ2v) is 8.60. The van der Waals surface area contributed by atoms with Gasteiger partial charge in [0.2, 0.25) is 17.6 Å². The SMILES string of the molecule is COc1ccc(-c2noc(CC(=O)NCCCN3CCC(Cc4ccccc4)CC3)n2)cc1. The number of carbonyl (C=O) groups is 1. The highest BCUT2D eigenvalue weighted by atomic mass is 16.5. The number of rotatable bonds is 10. The molecule has 1 amide bonds. The van der Waals surface area contributed by atoms with E-state index in [2.05, 4.69) is 50.7 Å². The number of nitrogens with zero attached hydrogens (tertiary/aromatic N) is 3. The van der Waals surface area contributed by atoms with E-state index in [1.54, 1.807) is 7.11 Å². The first-order valence-corrected chi connectivity index (χ1v) is 11.7. The van der Waals surface area contributed by atoms with E-state index in [1.807, 2.05) is 24.3 Å². The average Bonchev–Trinajstić information content (AvgIpc) is 3.32. The van der Waals surface area contributed by atoms with Gasteiger partial charge in [0, 0.05) is 12.1 Å². The average molecular weight is 449 g/mol. The van der Waals surface area contributed by atoms with Crippen molar-refractivity contribution in [3.05, 3.63) is 66.1 Å². The first-order valence-electron chi connectivity index (χ1n) is 11.7. The van der Waals surface area contributed by atoms with Gasteiger partial charge in [-0.05, 0) is 81.1 Å². The van der Waals surface area contributed by atoms with Crippen molar-refractivity contribution in [3.8, 4) is 17.1 Å². The number of piperidine rings is 1. The van der Waals surface area contributed by atoms with Crippen LogP contribution >= 0.6 is 0 Å². The van der Waals surface area contributed by atoms with Crippen molar-refractivity contribution in [3.63, 3.8) is 0 Å². The number of aromatic nitrogens is 2. The molecule has 0 radical (unpaired) electrons. The number of likely N-dealkylation sites (tertiary alicyclic amines) is 1. The Balaban J connectivity index is 1.11. The fourth-order valence-corrected chi connectivity index (χ4v) is 4.28. The maximum absolute atomic E-state index is 12.2. The Bertz CT molecular complexity index is 996. The van der Waals surface area contributed by atoms with Crippen LogP contribution in [0, 0.1) is 5.92 Å². The lowest BCUT2D eigenvalue weighted by Crippen LogP contribution is -2.36. The Labute approximate surface area is 195 Å². The van der Waals surface area contributed by atoms with Gasteiger partial charge in [-0.1, -0.05) is 35.5 Å². The van der Waals surface area contributed by atoms with Gasteiger partial charge >= 0.3 is 0 Å². The smallest absolute Gasteiger partial charge is 0.236 e. The molecule has 1 aliphatic rings. The highest BCUT2D eigenvalue weighted by Crippen LogP contribution is 2.22. The minimum atomic E-state index is -0.0958. The number of amides is 1. The molecule has 2 aromatic carbocycles. The molecule has 7 nitrogen and oxygen atoms in total. The standard InChI is InChI=1S/C26H32N4O3/c1-32-23-10-8-22(9-11-23)26-28-25(33-29-26)19-24(31)27-14-5-15-30-16-12-21(13-17-30)18-20-6-3-2-4-7-20/h2-4,6-11,21H,5,12-19H2,1H3,(H,27,31). The first kappa shape index (κ1) is 23.0. The van der Waals surface area contributed by atoms with Gasteiger partial charge in [0.05, 0.1) is 7.11 Å². The van der Waals surface area contributed by atoms with Gasteiger partial charge in [0.15, 0.2) is 0 Å². The molecule has 3 aromatic rings. The Morgan fingerprint density at radius 3 is 2.61 bits per heavy atom. The second-order valence-electron chi connectivity index (χ2n) is 8.60. The molecule has 0 spiro atoms. The van der Waals surface area contributed by atoms with Crippen molar-refractivity contribution < 1.29 is 14.1 Å². The van der Waals surface area contributed by atoms with Crippen molar-refractivity contribution >= 4 is 5.91 Å². The van der Waals surface area contributed by atoms with Gasteiger partial charge in [-0.15, -0.1) is 0 Å². The largest absolute Gasteiger partial charge is 0.497 e. The van der Waals surface area contributed by atoms with E-state index in [0.717, 1.165) is 43.3 Å². The number of nitrogens with one attached hydrogen (secondary N) is 1. The lowest BCUT2D eigenvalue weighted by Gasteiger charge is -2.32. The van der Waals surface area contributed by atoms with E-state index >= 15 is 0 Å². The number of carbonyl (C=O) groups excluding carboxylic acids is 1. The molecule has 1 fully saturated rings. The fourth-order valence-electron chi connectivity index (χ4n) is 4.28. The molecule has 1 aromatic heterocycles. The minimum absolute atomic E-state index is 0.0913. The van der Waals surface area contributed by atoms with Crippen LogP contribution in [0.5, 0.6) is 5.75 Å². The fraction of sp³-hybridized carbons (Fsp3) is 0.423. The lowest BCUT2D eigenvalue weighted by molar-refractivity contribution is -0.120. The third kappa shape index (κ3) is 6.89. The van der Waals surface area contributed by atoms with E-state index in [9.17, 15) is 4.79 Å². The zero-order chi connectivity index (χ0) is 22.9. The Kier molecular flexibility index (Phi) is 8.09. The quantitative estimate of drug-likeness (QED) is 0.476. The van der Waals surface area contributed by atoms with Crippen LogP contribution in [0.2, 0.25) is 0 Å². The van der Waals surface area contributed by atoms with Crippen molar-refractivity contribution in [2.45, 2.75) is 32.1 Å². The molecule has 33 heavy (non-hydrogen) atoms. The normalized spacial score (nSPS) is 14.8. The van der Waals surface area contributed by atoms with Gasteiger partial charge in [-0.25, -0.2) is 0 Å². The third-order valence-corrected chi connectivity index (χ3v) is 6.18. The number of hydrogen-bond acceptors (Lipinski definition) is 6. The Morgan fingerprint density at radius 2 is 1.88 bits per heavy atom. The second kappa shape index (κ2) is 11.6. The van der Waals surface area contributed by atoms with E-state index in [1.165, 1.54) is 24.8 Å². The van der Waals surface area contributed by atoms with Crippen LogP contribution in [0.3, 0.4) is 0 Å². The molecule has 1 N–H and O–H groups in total. The van der Waals surface area contributed by atoms with E-state index in [-0.39, 0.29) is 12.3 Å². The van der Waals surface area contributed by atoms with Crippen molar-refractivity contribution in [2.75, 3.05) is 33.3 Å². The van der Waals surface area contributed by atoms with E-state index < -0.39 is 0 Å². The van der Waals surface area contributed by atoms with Crippen LogP contribution in [0.15, 0.2) is 59.1 Å². The maximum atomic E-state index is 12.2. The van der Waals surface area contributed by atoms with Crippen LogP contribution in [-0.4, -0.2) is 54.2 Å². The minimum Gasteiger partial charge on any atom is -0.497 e. The zero-order valence-corrected chi connectivity index (χ0v) is 19.2. The molecule has 0 saturated carbocycles. The predicted molar refractivity (Wildman–Crippen MR) is 127 cm³/mol. The van der Waals surface area contributed by atoms with Crippen molar-refractivity contribution in [1.82, 2.24) is 20.4 Å². The van der Waals surface area contributed by atoms with Crippen LogP contribution in [0.4, 0.5) is 0 Å². The van der Waals surface area contributed by atoms with Crippen molar-refractivity contribution in [2.24, 2.45) is 5.92 Å². The van der Waals surface area contributed by atoms with Gasteiger partial charge in [0.25, 0.3) is 0 Å². The summed E-state index contributed by atoms with van der Waals surface area (Å²) in [5.41, 5.74) is 2.26. The van der Waals surface area contributed by atoms with E-state index in [0.29, 0.717) is 18.3 Å². The van der Waals surface area contributed by atoms with Crippen LogP contribution in [-0.2, 0) is 17.6 Å². The predicted octanol–water partition coefficient (Wildman–Crippen LogP) is 3.75. The summed E-state index contributed by atoms with van der Waals surface area (Å²) < 4.78 is 10.4. The first-order chi connectivity index (χ1) is 16.2. The molecule has 0 bridgehead atoms. The number of hydrogen-bond donors (Lipinski definition) is 1. The summed E-state index contributed by atoms with van der Waals surface area (Å²) in [5, 5.41) is 6.94. The molecule has 2 heterocycles. The summed E-state index contributed by atoms with van der Waals surface area (Å²) in [5.74, 6) is 2.23. The lowest BCUT2D eigenvalue weighted by atomic mass is 9.90. The van der Waals surface area contributed by atoms with Gasteiger partial charge in [-0.3, -0.25) is 4.79 Å². The van der Waals surface area contributed by atoms with Crippen LogP contribution in [0.25, 0.3) is 11.4 Å². The van der Waals surface area contributed by atoms with Gasteiger partial charge in [-0.2, -0.15) is 4.98 Å². The molecule has 1 saturated heterocycles. The maximum Gasteiger partial charge on any atom is 0.236 e. The number of methoxy groups -OCH3 is 1. The summed E-state index contributed by atoms with van der Waals surface area (Å²) >= 11 is 0. The Morgan fingerprint density at radius 1 is 1.12 bits per heavy atom. The summed E-state index contributed by atoms with van der Waals surface area (Å²) in [6, 6.07) is 18.2. The molecule has 0 atom stereocenters. The summed E-state index contributed by atoms with van der Waals surface area (Å²) in [7, 11) is 1.62. The van der Waals surface area contributed by atoms with E-state index in [4.69, 9.17) is 9.26 Å². The van der Waals surface area contributed by atoms with Crippen molar-refractivity contribution in [1.29, 1.82) is 0 Å². The molecule has 7 heteroatoms. The number of benzene rings is 2. The highest BCUT2D eigenvalue weighted by molar-refractivity contribution is 5.77. The molecular weight excluding hydrogens is 416 g/mol. The molecule has 0 aliphatic carbocycles. The monoisotopic (exact) mass is 448 g/mol. The summed E-state index contributed by atoms with van der Waals surface area (Å²) in [6.45, 7) is 3.95. The molecule has 4 rings (SSSR count). The summed E-state index contributed by atoms with van der Waals surface area (Å²) in [6.07, 6.45) is 4.70. The number of ether oxygens (including phenoxy) is 1. The molecule has 0 unspecified atom stereocenters. The van der Waals surface area contributed by atoms with Crippen LogP contribution < -0.4 is 10.1 Å². The summed E-state index contributed by atoms with van der Waals surface area (Å²) in [4.78, 5) is 19.1. The molecular formula is C26H32N4O3. The van der Waals surface area contributed by atoms with Crippen LogP contribution in [0.1, 0.15) is 30.7 Å². The molecule has 1 aliphatic heterocycles. The zero-order valence-electron chi connectivity index (χ0n) is 19.2.